The Morgan fingerprint density at radius 1 is 0.895 bits per heavy atom. The van der Waals surface area contributed by atoms with E-state index in [4.69, 9.17) is 21.9 Å². The predicted octanol–water partition coefficient (Wildman–Crippen LogP) is 7.28. The van der Waals surface area contributed by atoms with Gasteiger partial charge >= 0.3 is 0 Å². The average Bonchev–Trinajstić information content (AvgIpc) is 3.35. The monoisotopic (exact) mass is 537 g/mol. The zero-order valence-electron chi connectivity index (χ0n) is 22.6. The van der Waals surface area contributed by atoms with Gasteiger partial charge in [-0.3, -0.25) is 0 Å². The number of anilines is 2. The van der Waals surface area contributed by atoms with Gasteiger partial charge in [0, 0.05) is 41.1 Å². The average molecular weight is 538 g/mol. The number of nitrogens with zero attached hydrogens (tertiary/aromatic N) is 4. The first-order chi connectivity index (χ1) is 18.1. The molecule has 6 rings (SSSR count). The minimum absolute atomic E-state index is 0.235. The van der Waals surface area contributed by atoms with Crippen LogP contribution in [-0.4, -0.2) is 23.0 Å². The largest absolute Gasteiger partial charge is 0.350 e. The molecule has 3 heterocycles. The lowest BCUT2D eigenvalue weighted by atomic mass is 9.84. The summed E-state index contributed by atoms with van der Waals surface area (Å²) < 4.78 is 1.94. The number of hydrogen-bond donors (Lipinski definition) is 1. The summed E-state index contributed by atoms with van der Waals surface area (Å²) in [6, 6.07) is 25.2. The first-order valence-corrected chi connectivity index (χ1v) is 15.7. The van der Waals surface area contributed by atoms with Crippen molar-refractivity contribution in [1.82, 2.24) is 9.78 Å². The molecule has 4 aromatic rings. The van der Waals surface area contributed by atoms with Gasteiger partial charge in [0.1, 0.15) is 0 Å². The van der Waals surface area contributed by atoms with Crippen LogP contribution in [-0.2, 0) is 17.2 Å². The van der Waals surface area contributed by atoms with E-state index >= 15 is 0 Å². The van der Waals surface area contributed by atoms with Gasteiger partial charge in [0.25, 0.3) is 0 Å². The fourth-order valence-electron chi connectivity index (χ4n) is 5.89. The van der Waals surface area contributed by atoms with Crippen LogP contribution in [0, 0.1) is 20.8 Å². The molecule has 3 aromatic carbocycles. The summed E-state index contributed by atoms with van der Waals surface area (Å²) in [6.45, 7) is 10.9. The third-order valence-electron chi connectivity index (χ3n) is 7.96. The van der Waals surface area contributed by atoms with Gasteiger partial charge in [-0.2, -0.15) is 5.10 Å². The van der Waals surface area contributed by atoms with Gasteiger partial charge < -0.3 is 9.99 Å². The molecule has 0 spiro atoms. The number of fused-ring (bicyclic) bond motifs is 2. The molecule has 192 valence electrons. The molecule has 7 heteroatoms. The van der Waals surface area contributed by atoms with Crippen LogP contribution in [0.5, 0.6) is 0 Å². The van der Waals surface area contributed by atoms with E-state index in [1.54, 1.807) is 0 Å². The second-order valence-electron chi connectivity index (χ2n) is 10.7. The molecular weight excluding hydrogens is 505 g/mol. The quantitative estimate of drug-likeness (QED) is 0.279. The Labute approximate surface area is 230 Å². The van der Waals surface area contributed by atoms with Crippen LogP contribution < -0.4 is 15.3 Å². The van der Waals surface area contributed by atoms with E-state index in [2.05, 4.69) is 106 Å². The maximum absolute atomic E-state index is 6.84. The highest BCUT2D eigenvalue weighted by atomic mass is 32.4. The Morgan fingerprint density at radius 3 is 2.34 bits per heavy atom. The molecule has 0 aliphatic carbocycles. The van der Waals surface area contributed by atoms with Crippen LogP contribution in [0.1, 0.15) is 36.2 Å². The molecule has 5 nitrogen and oxygen atoms in total. The smallest absolute Gasteiger partial charge is 0.166 e. The van der Waals surface area contributed by atoms with Crippen LogP contribution >= 0.6 is 6.19 Å². The fraction of sp³-hybridized carbons (Fsp3) is 0.226. The third kappa shape index (κ3) is 3.54. The highest BCUT2D eigenvalue weighted by Crippen LogP contribution is 2.62. The van der Waals surface area contributed by atoms with Crippen molar-refractivity contribution < 1.29 is 0 Å². The zero-order chi connectivity index (χ0) is 26.8. The molecular formula is C31H32N5PS. The molecule has 0 saturated carbocycles. The number of aryl methyl sites for hydroxylation is 2. The molecule has 0 saturated heterocycles. The molecule has 0 bridgehead atoms. The van der Waals surface area contributed by atoms with Crippen molar-refractivity contribution in [3.05, 3.63) is 106 Å². The SMILES string of the molecule is Cc1cccc(NP2(=S)C(=C3N(C)c4ccccc4C3(C)C)C=Nc3c2c(C)nn3-c2ccccc2)c1C. The van der Waals surface area contributed by atoms with E-state index in [9.17, 15) is 0 Å². The Balaban J connectivity index is 1.65. The molecule has 0 fully saturated rings. The molecule has 0 radical (unpaired) electrons. The van der Waals surface area contributed by atoms with Gasteiger partial charge in [0.2, 0.25) is 0 Å². The van der Waals surface area contributed by atoms with Crippen molar-refractivity contribution in [3.8, 4) is 5.69 Å². The van der Waals surface area contributed by atoms with Crippen LogP contribution in [0.25, 0.3) is 5.69 Å². The number of hydrogen-bond acceptors (Lipinski definition) is 4. The summed E-state index contributed by atoms with van der Waals surface area (Å²) in [6.07, 6.45) is -0.611. The summed E-state index contributed by atoms with van der Waals surface area (Å²) in [5, 5.41) is 11.0. The molecule has 1 N–H and O–H groups in total. The molecule has 0 amide bonds. The Kier molecular flexibility index (Phi) is 5.75. The molecule has 2 aliphatic rings. The summed E-state index contributed by atoms with van der Waals surface area (Å²) in [4.78, 5) is 7.38. The van der Waals surface area contributed by atoms with Gasteiger partial charge in [0.15, 0.2) is 5.82 Å². The van der Waals surface area contributed by atoms with Gasteiger partial charge in [-0.25, -0.2) is 9.67 Å². The summed E-state index contributed by atoms with van der Waals surface area (Å²) in [7, 11) is 2.15. The highest BCUT2D eigenvalue weighted by molar-refractivity contribution is 8.21. The van der Waals surface area contributed by atoms with Crippen molar-refractivity contribution >= 4 is 46.7 Å². The Bertz CT molecular complexity index is 1700. The van der Waals surface area contributed by atoms with Crippen LogP contribution in [0.3, 0.4) is 0 Å². The summed E-state index contributed by atoms with van der Waals surface area (Å²) in [5.74, 6) is 0.815. The molecule has 1 atom stereocenters. The number of rotatable bonds is 3. The topological polar surface area (TPSA) is 45.4 Å². The lowest BCUT2D eigenvalue weighted by Gasteiger charge is -2.35. The zero-order valence-corrected chi connectivity index (χ0v) is 24.4. The molecule has 1 unspecified atom stereocenters. The van der Waals surface area contributed by atoms with Crippen molar-refractivity contribution in [3.63, 3.8) is 0 Å². The van der Waals surface area contributed by atoms with Gasteiger partial charge in [-0.05, 0) is 61.7 Å². The maximum Gasteiger partial charge on any atom is 0.166 e. The second kappa shape index (κ2) is 8.79. The maximum atomic E-state index is 6.84. The number of likely N-dealkylation sites (N-methyl/N-ethyl adjacent to an activating group) is 1. The molecule has 38 heavy (non-hydrogen) atoms. The Morgan fingerprint density at radius 2 is 1.61 bits per heavy atom. The van der Waals surface area contributed by atoms with E-state index < -0.39 is 6.19 Å². The van der Waals surface area contributed by atoms with Crippen molar-refractivity contribution in [2.24, 2.45) is 4.99 Å². The van der Waals surface area contributed by atoms with E-state index in [0.29, 0.717) is 0 Å². The second-order valence-corrected chi connectivity index (χ2v) is 14.7. The number of aromatic nitrogens is 2. The highest BCUT2D eigenvalue weighted by Gasteiger charge is 2.45. The standard InChI is InChI=1S/C31H32N5PS/c1-20-13-12-17-25(21(20)2)34-37(38)27(29-31(4,5)24-16-10-11-18-26(24)35(29)6)19-32-30-28(37)22(3)33-36(30)23-14-8-7-9-15-23/h7-19H,1-6H3,(H,34,38). The Hall–Kier alpha value is -3.47. The number of nitrogens with one attached hydrogen (secondary N) is 1. The fourth-order valence-corrected chi connectivity index (χ4v) is 10.2. The molecule has 2 aliphatic heterocycles. The van der Waals surface area contributed by atoms with Gasteiger partial charge in [0.05, 0.1) is 22.9 Å². The number of aliphatic imine (C=N–C) groups is 1. The third-order valence-corrected chi connectivity index (χ3v) is 12.1. The van der Waals surface area contributed by atoms with Crippen LogP contribution in [0.4, 0.5) is 17.2 Å². The molecule has 1 aromatic heterocycles. The number of allylic oxidation sites excluding steroid dienone is 2. The minimum atomic E-state index is -2.63. The van der Waals surface area contributed by atoms with Crippen LogP contribution in [0.2, 0.25) is 0 Å². The number of benzene rings is 3. The predicted molar refractivity (Wildman–Crippen MR) is 165 cm³/mol. The van der Waals surface area contributed by atoms with Crippen molar-refractivity contribution in [2.75, 3.05) is 17.0 Å². The van der Waals surface area contributed by atoms with E-state index in [-0.39, 0.29) is 5.41 Å². The minimum Gasteiger partial charge on any atom is -0.350 e. The van der Waals surface area contributed by atoms with Gasteiger partial charge in [-0.1, -0.05) is 74.2 Å². The van der Waals surface area contributed by atoms with Crippen molar-refractivity contribution in [1.29, 1.82) is 0 Å². The van der Waals surface area contributed by atoms with Crippen LogP contribution in [0.15, 0.2) is 88.8 Å². The summed E-state index contributed by atoms with van der Waals surface area (Å²) in [5.41, 5.74) is 8.87. The first kappa shape index (κ1) is 24.8. The normalized spacial score (nSPS) is 21.4. The van der Waals surface area contributed by atoms with E-state index in [1.165, 1.54) is 28.1 Å². The van der Waals surface area contributed by atoms with E-state index in [0.717, 1.165) is 33.5 Å². The lowest BCUT2D eigenvalue weighted by Crippen LogP contribution is -2.29. The van der Waals surface area contributed by atoms with Crippen molar-refractivity contribution in [2.45, 2.75) is 40.0 Å². The van der Waals surface area contributed by atoms with E-state index in [1.807, 2.05) is 29.1 Å². The lowest BCUT2D eigenvalue weighted by molar-refractivity contribution is 0.639. The summed E-state index contributed by atoms with van der Waals surface area (Å²) >= 11 is 6.84. The van der Waals surface area contributed by atoms with Gasteiger partial charge in [-0.15, -0.1) is 0 Å². The first-order valence-electron chi connectivity index (χ1n) is 12.9. The number of para-hydroxylation sites is 2.